The zero-order valence-electron chi connectivity index (χ0n) is 15.0. The van der Waals surface area contributed by atoms with Crippen molar-refractivity contribution < 1.29 is 23.8 Å². The average Bonchev–Trinajstić information content (AvgIpc) is 3.13. The number of urea groups is 1. The molecule has 7 nitrogen and oxygen atoms in total. The van der Waals surface area contributed by atoms with E-state index in [0.717, 1.165) is 5.56 Å². The van der Waals surface area contributed by atoms with E-state index in [1.807, 2.05) is 0 Å². The Bertz CT molecular complexity index is 988. The van der Waals surface area contributed by atoms with Gasteiger partial charge in [0.25, 0.3) is 0 Å². The maximum absolute atomic E-state index is 12.8. The van der Waals surface area contributed by atoms with E-state index in [1.165, 1.54) is 0 Å². The summed E-state index contributed by atoms with van der Waals surface area (Å²) in [5.74, 6) is 0.744. The minimum absolute atomic E-state index is 0.0580. The van der Waals surface area contributed by atoms with E-state index in [4.69, 9.17) is 25.8 Å². The summed E-state index contributed by atoms with van der Waals surface area (Å²) in [6.07, 6.45) is 0. The largest absolute Gasteiger partial charge is 0.457 e. The number of halogens is 1. The van der Waals surface area contributed by atoms with Crippen molar-refractivity contribution in [3.63, 3.8) is 0 Å². The fourth-order valence-electron chi connectivity index (χ4n) is 3.16. The molecular formula is C20H17ClN2O5. The Morgan fingerprint density at radius 1 is 1.21 bits per heavy atom. The van der Waals surface area contributed by atoms with Gasteiger partial charge < -0.3 is 24.8 Å². The van der Waals surface area contributed by atoms with Gasteiger partial charge in [0.05, 0.1) is 11.6 Å². The molecule has 144 valence electrons. The number of benzene rings is 2. The number of ether oxygens (including phenoxy) is 3. The number of amides is 2. The van der Waals surface area contributed by atoms with Gasteiger partial charge in [-0.3, -0.25) is 0 Å². The molecule has 0 saturated heterocycles. The molecule has 4 rings (SSSR count). The Morgan fingerprint density at radius 2 is 2.04 bits per heavy atom. The number of hydrogen-bond donors (Lipinski definition) is 2. The van der Waals surface area contributed by atoms with Gasteiger partial charge in [-0.1, -0.05) is 29.8 Å². The van der Waals surface area contributed by atoms with Gasteiger partial charge in [0, 0.05) is 10.7 Å². The van der Waals surface area contributed by atoms with E-state index in [2.05, 4.69) is 10.6 Å². The number of fused-ring (bicyclic) bond motifs is 1. The molecule has 0 aromatic heterocycles. The second-order valence-electron chi connectivity index (χ2n) is 6.39. The van der Waals surface area contributed by atoms with Crippen molar-refractivity contribution >= 4 is 23.6 Å². The molecule has 2 aromatic carbocycles. The molecule has 0 unspecified atom stereocenters. The molecule has 2 heterocycles. The zero-order chi connectivity index (χ0) is 19.7. The summed E-state index contributed by atoms with van der Waals surface area (Å²) < 4.78 is 16.1. The van der Waals surface area contributed by atoms with E-state index in [9.17, 15) is 9.59 Å². The van der Waals surface area contributed by atoms with Crippen LogP contribution in [0.15, 0.2) is 53.7 Å². The van der Waals surface area contributed by atoms with Crippen molar-refractivity contribution in [2.45, 2.75) is 19.6 Å². The highest BCUT2D eigenvalue weighted by molar-refractivity contribution is 6.30. The van der Waals surface area contributed by atoms with Gasteiger partial charge in [-0.05, 0) is 42.3 Å². The number of carbonyl (C=O) groups excluding carboxylic acids is 2. The summed E-state index contributed by atoms with van der Waals surface area (Å²) in [6.45, 7) is 1.90. The molecule has 1 atom stereocenters. The highest BCUT2D eigenvalue weighted by Crippen LogP contribution is 2.33. The van der Waals surface area contributed by atoms with Crippen LogP contribution in [0.25, 0.3) is 0 Å². The lowest BCUT2D eigenvalue weighted by Crippen LogP contribution is -2.45. The monoisotopic (exact) mass is 400 g/mol. The molecule has 2 aliphatic rings. The molecule has 0 radical (unpaired) electrons. The second kappa shape index (κ2) is 7.44. The third-order valence-corrected chi connectivity index (χ3v) is 4.71. The van der Waals surface area contributed by atoms with E-state index in [-0.39, 0.29) is 13.4 Å². The predicted octanol–water partition coefficient (Wildman–Crippen LogP) is 3.44. The highest BCUT2D eigenvalue weighted by atomic mass is 35.5. The molecule has 2 aromatic rings. The van der Waals surface area contributed by atoms with E-state index in [1.54, 1.807) is 49.4 Å². The van der Waals surface area contributed by atoms with Gasteiger partial charge in [-0.25, -0.2) is 9.59 Å². The maximum atomic E-state index is 12.8. The maximum Gasteiger partial charge on any atom is 0.338 e. The topological polar surface area (TPSA) is 85.9 Å². The van der Waals surface area contributed by atoms with Crippen molar-refractivity contribution in [1.29, 1.82) is 0 Å². The second-order valence-corrected chi connectivity index (χ2v) is 6.83. The van der Waals surface area contributed by atoms with Crippen LogP contribution in [-0.2, 0) is 16.1 Å². The molecule has 8 heteroatoms. The zero-order valence-corrected chi connectivity index (χ0v) is 15.7. The molecule has 2 amide bonds. The lowest BCUT2D eigenvalue weighted by Gasteiger charge is -2.28. The summed E-state index contributed by atoms with van der Waals surface area (Å²) in [5.41, 5.74) is 2.21. The Morgan fingerprint density at radius 3 is 2.86 bits per heavy atom. The summed E-state index contributed by atoms with van der Waals surface area (Å²) in [7, 11) is 0. The quantitative estimate of drug-likeness (QED) is 0.768. The van der Waals surface area contributed by atoms with E-state index >= 15 is 0 Å². The van der Waals surface area contributed by atoms with Crippen LogP contribution >= 0.6 is 11.6 Å². The fourth-order valence-corrected chi connectivity index (χ4v) is 3.36. The smallest absolute Gasteiger partial charge is 0.338 e. The lowest BCUT2D eigenvalue weighted by atomic mass is 9.95. The first kappa shape index (κ1) is 18.2. The Balaban J connectivity index is 1.55. The van der Waals surface area contributed by atoms with Gasteiger partial charge in [0.1, 0.15) is 6.61 Å². The molecule has 2 N–H and O–H groups in total. The van der Waals surface area contributed by atoms with Gasteiger partial charge in [-0.2, -0.15) is 0 Å². The van der Waals surface area contributed by atoms with Crippen LogP contribution in [0.2, 0.25) is 5.02 Å². The summed E-state index contributed by atoms with van der Waals surface area (Å²) in [4.78, 5) is 24.8. The van der Waals surface area contributed by atoms with E-state index < -0.39 is 18.0 Å². The van der Waals surface area contributed by atoms with Crippen LogP contribution < -0.4 is 20.1 Å². The first-order valence-corrected chi connectivity index (χ1v) is 8.98. The van der Waals surface area contributed by atoms with Crippen LogP contribution in [0.1, 0.15) is 24.1 Å². The number of allylic oxidation sites excluding steroid dienone is 1. The Kier molecular flexibility index (Phi) is 4.83. The van der Waals surface area contributed by atoms with Crippen LogP contribution in [0.3, 0.4) is 0 Å². The van der Waals surface area contributed by atoms with Crippen LogP contribution in [-0.4, -0.2) is 18.8 Å². The molecule has 0 spiro atoms. The first-order chi connectivity index (χ1) is 13.5. The number of rotatable bonds is 4. The third-order valence-electron chi connectivity index (χ3n) is 4.48. The summed E-state index contributed by atoms with van der Waals surface area (Å²) >= 11 is 6.07. The molecule has 0 fully saturated rings. The van der Waals surface area contributed by atoms with Gasteiger partial charge >= 0.3 is 12.0 Å². The van der Waals surface area contributed by atoms with Crippen LogP contribution in [0.5, 0.6) is 11.5 Å². The van der Waals surface area contributed by atoms with Crippen LogP contribution in [0.4, 0.5) is 4.79 Å². The number of hydrogen-bond acceptors (Lipinski definition) is 5. The Labute approximate surface area is 166 Å². The molecule has 0 saturated carbocycles. The average molecular weight is 401 g/mol. The van der Waals surface area contributed by atoms with Crippen molar-refractivity contribution in [2.24, 2.45) is 0 Å². The van der Waals surface area contributed by atoms with Crippen molar-refractivity contribution in [3.05, 3.63) is 69.9 Å². The summed E-state index contributed by atoms with van der Waals surface area (Å²) in [6, 6.07) is 11.3. The molecule has 28 heavy (non-hydrogen) atoms. The predicted molar refractivity (Wildman–Crippen MR) is 101 cm³/mol. The van der Waals surface area contributed by atoms with Crippen molar-refractivity contribution in [1.82, 2.24) is 10.6 Å². The van der Waals surface area contributed by atoms with Gasteiger partial charge in [-0.15, -0.1) is 0 Å². The van der Waals surface area contributed by atoms with Gasteiger partial charge in [0.15, 0.2) is 11.5 Å². The first-order valence-electron chi connectivity index (χ1n) is 8.60. The number of esters is 1. The van der Waals surface area contributed by atoms with Crippen LogP contribution in [0, 0.1) is 0 Å². The third kappa shape index (κ3) is 3.61. The van der Waals surface area contributed by atoms with Crippen molar-refractivity contribution in [3.8, 4) is 11.5 Å². The number of carbonyl (C=O) groups is 2. The number of nitrogens with one attached hydrogen (secondary N) is 2. The van der Waals surface area contributed by atoms with E-state index in [0.29, 0.717) is 33.4 Å². The minimum Gasteiger partial charge on any atom is -0.457 e. The molecular weight excluding hydrogens is 384 g/mol. The minimum atomic E-state index is -0.656. The highest BCUT2D eigenvalue weighted by Gasteiger charge is 2.32. The fraction of sp³-hybridized carbons (Fsp3) is 0.200. The van der Waals surface area contributed by atoms with Gasteiger partial charge in [0.2, 0.25) is 6.79 Å². The van der Waals surface area contributed by atoms with Crippen molar-refractivity contribution in [2.75, 3.05) is 6.79 Å². The Hall–Kier alpha value is -3.19. The summed E-state index contributed by atoms with van der Waals surface area (Å²) in [5, 5.41) is 5.88. The normalized spacial score (nSPS) is 17.8. The lowest BCUT2D eigenvalue weighted by molar-refractivity contribution is -0.140. The SMILES string of the molecule is CC1=C(C(=O)OCc2ccc3c(c2)OCO3)[C@@H](c2cccc(Cl)c2)NC(=O)N1. The standard InChI is InChI=1S/C20H17ClN2O5/c1-11-17(18(23-20(25)22-11)13-3-2-4-14(21)8-13)19(24)26-9-12-5-6-15-16(7-12)28-10-27-15/h2-8,18H,9-10H2,1H3,(H2,22,23,25)/t18-/m1/s1. The molecule has 2 aliphatic heterocycles. The molecule has 0 bridgehead atoms. The molecule has 0 aliphatic carbocycles.